The van der Waals surface area contributed by atoms with Crippen molar-refractivity contribution in [3.63, 3.8) is 0 Å². The van der Waals surface area contributed by atoms with Gasteiger partial charge in [-0.25, -0.2) is 9.69 Å². The minimum Gasteiger partial charge on any atom is -0.420 e. The lowest BCUT2D eigenvalue weighted by Gasteiger charge is -2.24. The molecule has 3 unspecified atom stereocenters. The maximum Gasteiger partial charge on any atom is 0.411 e. The predicted molar refractivity (Wildman–Crippen MR) is 103 cm³/mol. The molecule has 0 bridgehead atoms. The van der Waals surface area contributed by atoms with Crippen molar-refractivity contribution < 1.29 is 14.3 Å². The summed E-state index contributed by atoms with van der Waals surface area (Å²) in [4.78, 5) is 30.1. The van der Waals surface area contributed by atoms with E-state index in [1.54, 1.807) is 27.2 Å². The molecule has 7 heteroatoms. The Kier molecular flexibility index (Phi) is 4.13. The highest BCUT2D eigenvalue weighted by Gasteiger charge is 2.63. The molecule has 2 aliphatic rings. The molecule has 0 spiro atoms. The molecule has 2 aromatic carbocycles. The first-order chi connectivity index (χ1) is 12.9. The molecule has 0 saturated carbocycles. The maximum absolute atomic E-state index is 13.1. The van der Waals surface area contributed by atoms with Crippen LogP contribution in [0.1, 0.15) is 11.1 Å². The molecular weight excluding hydrogens is 366 g/mol. The number of rotatable bonds is 2. The summed E-state index contributed by atoms with van der Waals surface area (Å²) in [6.45, 7) is 0.565. The van der Waals surface area contributed by atoms with E-state index in [-0.39, 0.29) is 5.91 Å². The SMILES string of the molecule is CN(C)C(=O)OC1C(=O)N(C)c2ccc(Cl)cc2C2(c3ccccc3)CN12. The van der Waals surface area contributed by atoms with E-state index in [1.807, 2.05) is 47.4 Å². The number of nitrogens with zero attached hydrogens (tertiary/aromatic N) is 3. The van der Waals surface area contributed by atoms with Crippen molar-refractivity contribution in [2.24, 2.45) is 0 Å². The van der Waals surface area contributed by atoms with Crippen LogP contribution in [0.25, 0.3) is 0 Å². The van der Waals surface area contributed by atoms with Gasteiger partial charge in [0, 0.05) is 44.0 Å². The van der Waals surface area contributed by atoms with Gasteiger partial charge in [0.1, 0.15) is 0 Å². The molecule has 2 aliphatic heterocycles. The fourth-order valence-corrected chi connectivity index (χ4v) is 3.90. The molecule has 2 heterocycles. The molecule has 140 valence electrons. The predicted octanol–water partition coefficient (Wildman–Crippen LogP) is 2.90. The van der Waals surface area contributed by atoms with Gasteiger partial charge in [0.15, 0.2) is 0 Å². The lowest BCUT2D eigenvalue weighted by molar-refractivity contribution is -0.132. The Hall–Kier alpha value is -2.57. The van der Waals surface area contributed by atoms with Crippen LogP contribution < -0.4 is 4.90 Å². The van der Waals surface area contributed by atoms with Crippen LogP contribution in [0.4, 0.5) is 10.5 Å². The minimum absolute atomic E-state index is 0.288. The van der Waals surface area contributed by atoms with Gasteiger partial charge in [0.2, 0.25) is 6.23 Å². The number of anilines is 1. The smallest absolute Gasteiger partial charge is 0.411 e. The fourth-order valence-electron chi connectivity index (χ4n) is 3.73. The van der Waals surface area contributed by atoms with Gasteiger partial charge >= 0.3 is 6.09 Å². The van der Waals surface area contributed by atoms with Gasteiger partial charge < -0.3 is 14.5 Å². The van der Waals surface area contributed by atoms with Crippen LogP contribution in [0.2, 0.25) is 5.02 Å². The van der Waals surface area contributed by atoms with Gasteiger partial charge in [0.05, 0.1) is 5.54 Å². The van der Waals surface area contributed by atoms with E-state index < -0.39 is 17.9 Å². The van der Waals surface area contributed by atoms with E-state index in [1.165, 1.54) is 9.80 Å². The van der Waals surface area contributed by atoms with Crippen LogP contribution in [-0.4, -0.2) is 55.7 Å². The molecule has 2 aromatic rings. The first kappa shape index (κ1) is 17.8. The zero-order valence-corrected chi connectivity index (χ0v) is 16.1. The number of halogens is 1. The normalized spacial score (nSPS) is 25.9. The Morgan fingerprint density at radius 2 is 1.93 bits per heavy atom. The molecule has 27 heavy (non-hydrogen) atoms. The Bertz CT molecular complexity index is 918. The van der Waals surface area contributed by atoms with Crippen LogP contribution >= 0.6 is 11.6 Å². The van der Waals surface area contributed by atoms with Crippen LogP contribution in [0.15, 0.2) is 48.5 Å². The largest absolute Gasteiger partial charge is 0.420 e. The Balaban J connectivity index is 1.88. The van der Waals surface area contributed by atoms with Gasteiger partial charge in [-0.2, -0.15) is 0 Å². The summed E-state index contributed by atoms with van der Waals surface area (Å²) in [7, 11) is 4.87. The van der Waals surface area contributed by atoms with Crippen LogP contribution in [-0.2, 0) is 15.1 Å². The van der Waals surface area contributed by atoms with E-state index in [0.717, 1.165) is 16.8 Å². The van der Waals surface area contributed by atoms with Gasteiger partial charge in [-0.1, -0.05) is 41.9 Å². The van der Waals surface area contributed by atoms with Crippen LogP contribution in [0.5, 0.6) is 0 Å². The fraction of sp³-hybridized carbons (Fsp3) is 0.300. The molecule has 0 N–H and O–H groups in total. The lowest BCUT2D eigenvalue weighted by atomic mass is 9.89. The van der Waals surface area contributed by atoms with E-state index in [0.29, 0.717) is 11.6 Å². The Morgan fingerprint density at radius 1 is 1.22 bits per heavy atom. The number of amides is 2. The van der Waals surface area contributed by atoms with Crippen molar-refractivity contribution in [3.8, 4) is 0 Å². The molecule has 0 radical (unpaired) electrons. The molecule has 2 amide bonds. The van der Waals surface area contributed by atoms with Crippen molar-refractivity contribution in [3.05, 3.63) is 64.7 Å². The zero-order chi connectivity index (χ0) is 19.3. The third-order valence-electron chi connectivity index (χ3n) is 5.21. The average Bonchev–Trinajstić information content (AvgIpc) is 3.42. The molecule has 1 saturated heterocycles. The summed E-state index contributed by atoms with van der Waals surface area (Å²) in [5.74, 6) is -0.288. The van der Waals surface area contributed by atoms with E-state index in [2.05, 4.69) is 0 Å². The van der Waals surface area contributed by atoms with Gasteiger partial charge in [-0.05, 0) is 23.8 Å². The molecule has 4 rings (SSSR count). The number of hydrogen-bond donors (Lipinski definition) is 0. The second-order valence-electron chi connectivity index (χ2n) is 7.04. The van der Waals surface area contributed by atoms with Gasteiger partial charge in [0.25, 0.3) is 5.91 Å². The standard InChI is InChI=1S/C20H20ClN3O3/c1-22(2)19(26)27-18-17(25)23(3)16-10-9-14(21)11-15(16)20(12-24(18)20)13-7-5-4-6-8-13/h4-11,18H,12H2,1-3H3. The molecule has 0 aromatic heterocycles. The summed E-state index contributed by atoms with van der Waals surface area (Å²) in [5.41, 5.74) is 2.17. The summed E-state index contributed by atoms with van der Waals surface area (Å²) < 4.78 is 5.57. The van der Waals surface area contributed by atoms with Crippen LogP contribution in [0.3, 0.4) is 0 Å². The van der Waals surface area contributed by atoms with Crippen molar-refractivity contribution in [2.45, 2.75) is 11.8 Å². The number of ether oxygens (including phenoxy) is 1. The molecule has 0 aliphatic carbocycles. The summed E-state index contributed by atoms with van der Waals surface area (Å²) in [6, 6.07) is 15.4. The van der Waals surface area contributed by atoms with Crippen molar-refractivity contribution in [1.29, 1.82) is 0 Å². The third kappa shape index (κ3) is 2.67. The van der Waals surface area contributed by atoms with Gasteiger partial charge in [-0.15, -0.1) is 0 Å². The number of benzene rings is 2. The number of hydrogen-bond acceptors (Lipinski definition) is 4. The topological polar surface area (TPSA) is 52.9 Å². The monoisotopic (exact) mass is 385 g/mol. The zero-order valence-electron chi connectivity index (χ0n) is 15.3. The minimum atomic E-state index is -1.00. The number of carbonyl (C=O) groups is 2. The number of carbonyl (C=O) groups excluding carboxylic acids is 2. The quantitative estimate of drug-likeness (QED) is 0.746. The van der Waals surface area contributed by atoms with Crippen LogP contribution in [0, 0.1) is 0 Å². The van der Waals surface area contributed by atoms with E-state index in [9.17, 15) is 9.59 Å². The molecule has 3 atom stereocenters. The Morgan fingerprint density at radius 3 is 2.59 bits per heavy atom. The molecule has 1 fully saturated rings. The first-order valence-electron chi connectivity index (χ1n) is 8.64. The second-order valence-corrected chi connectivity index (χ2v) is 7.48. The van der Waals surface area contributed by atoms with Crippen molar-refractivity contribution in [1.82, 2.24) is 9.80 Å². The first-order valence-corrected chi connectivity index (χ1v) is 9.02. The van der Waals surface area contributed by atoms with E-state index in [4.69, 9.17) is 16.3 Å². The summed E-state index contributed by atoms with van der Waals surface area (Å²) in [6.07, 6.45) is -1.56. The highest BCUT2D eigenvalue weighted by atomic mass is 35.5. The average molecular weight is 386 g/mol. The third-order valence-corrected chi connectivity index (χ3v) is 5.44. The molecular formula is C20H20ClN3O3. The van der Waals surface area contributed by atoms with Crippen molar-refractivity contribution >= 4 is 29.3 Å². The lowest BCUT2D eigenvalue weighted by Crippen LogP contribution is -2.45. The number of fused-ring (bicyclic) bond motifs is 3. The highest BCUT2D eigenvalue weighted by molar-refractivity contribution is 6.30. The van der Waals surface area contributed by atoms with E-state index >= 15 is 0 Å². The molecule has 6 nitrogen and oxygen atoms in total. The summed E-state index contributed by atoms with van der Waals surface area (Å²) >= 11 is 6.30. The van der Waals surface area contributed by atoms with Crippen molar-refractivity contribution in [2.75, 3.05) is 32.6 Å². The van der Waals surface area contributed by atoms with Gasteiger partial charge in [-0.3, -0.25) is 4.79 Å². The Labute approximate surface area is 162 Å². The number of likely N-dealkylation sites (N-methyl/N-ethyl adjacent to an activating group) is 1. The highest BCUT2D eigenvalue weighted by Crippen LogP contribution is 2.55. The maximum atomic E-state index is 13.1. The second kappa shape index (κ2) is 6.25. The summed E-state index contributed by atoms with van der Waals surface area (Å²) in [5, 5.41) is 0.598.